The van der Waals surface area contributed by atoms with E-state index in [-0.39, 0.29) is 12.4 Å². The molecular weight excluding hydrogens is 404 g/mol. The second-order valence-electron chi connectivity index (χ2n) is 5.84. The van der Waals surface area contributed by atoms with Gasteiger partial charge in [0.15, 0.2) is 11.6 Å². The molecular formula is C15H17FINO2S. The number of hydrogen-bond donors (Lipinski definition) is 1. The number of aromatic nitrogens is 1. The summed E-state index contributed by atoms with van der Waals surface area (Å²) in [5.74, 6) is -0.287. The first kappa shape index (κ1) is 16.6. The fourth-order valence-electron chi connectivity index (χ4n) is 1.85. The fourth-order valence-corrected chi connectivity index (χ4v) is 3.22. The SMILES string of the molecule is CC(C)(C)C(O)(COc1ccc(I)cc1F)c1cncs1. The highest BCUT2D eigenvalue weighted by molar-refractivity contribution is 14.1. The molecule has 0 aliphatic rings. The molecule has 1 N–H and O–H groups in total. The van der Waals surface area contributed by atoms with Crippen LogP contribution in [0.15, 0.2) is 29.9 Å². The molecule has 1 aromatic carbocycles. The highest BCUT2D eigenvalue weighted by Gasteiger charge is 2.44. The monoisotopic (exact) mass is 421 g/mol. The Kier molecular flexibility index (Phi) is 4.89. The van der Waals surface area contributed by atoms with Crippen LogP contribution >= 0.6 is 33.9 Å². The molecule has 0 fully saturated rings. The molecule has 0 radical (unpaired) electrons. The van der Waals surface area contributed by atoms with Gasteiger partial charge in [-0.1, -0.05) is 20.8 Å². The van der Waals surface area contributed by atoms with Crippen molar-refractivity contribution in [2.75, 3.05) is 6.61 Å². The Labute approximate surface area is 141 Å². The van der Waals surface area contributed by atoms with Crippen molar-refractivity contribution >= 4 is 33.9 Å². The fraction of sp³-hybridized carbons (Fsp3) is 0.400. The minimum absolute atomic E-state index is 0.0315. The third kappa shape index (κ3) is 3.54. The Morgan fingerprint density at radius 2 is 2.10 bits per heavy atom. The van der Waals surface area contributed by atoms with Crippen molar-refractivity contribution in [3.05, 3.63) is 44.2 Å². The van der Waals surface area contributed by atoms with E-state index in [9.17, 15) is 9.50 Å². The van der Waals surface area contributed by atoms with E-state index in [0.29, 0.717) is 4.88 Å². The second-order valence-corrected chi connectivity index (χ2v) is 7.97. The summed E-state index contributed by atoms with van der Waals surface area (Å²) in [7, 11) is 0. The summed E-state index contributed by atoms with van der Waals surface area (Å²) >= 11 is 3.40. The van der Waals surface area contributed by atoms with Crippen molar-refractivity contribution in [3.8, 4) is 5.75 Å². The van der Waals surface area contributed by atoms with E-state index in [0.717, 1.165) is 3.57 Å². The van der Waals surface area contributed by atoms with Crippen molar-refractivity contribution < 1.29 is 14.2 Å². The minimum Gasteiger partial charge on any atom is -0.487 e. The molecule has 21 heavy (non-hydrogen) atoms. The third-order valence-electron chi connectivity index (χ3n) is 3.41. The number of halogens is 2. The van der Waals surface area contributed by atoms with Gasteiger partial charge in [0.2, 0.25) is 0 Å². The highest BCUT2D eigenvalue weighted by atomic mass is 127. The average molecular weight is 421 g/mol. The van der Waals surface area contributed by atoms with Gasteiger partial charge in [0.1, 0.15) is 12.2 Å². The molecule has 2 aromatic rings. The first-order valence-corrected chi connectivity index (χ1v) is 8.39. The molecule has 1 atom stereocenters. The van der Waals surface area contributed by atoms with Crippen LogP contribution in [0.4, 0.5) is 4.39 Å². The van der Waals surface area contributed by atoms with Crippen molar-refractivity contribution in [2.45, 2.75) is 26.4 Å². The summed E-state index contributed by atoms with van der Waals surface area (Å²) in [5, 5.41) is 11.0. The van der Waals surface area contributed by atoms with Crippen molar-refractivity contribution in [3.63, 3.8) is 0 Å². The van der Waals surface area contributed by atoms with Crippen LogP contribution in [0, 0.1) is 14.8 Å². The lowest BCUT2D eigenvalue weighted by Gasteiger charge is -2.38. The van der Waals surface area contributed by atoms with Gasteiger partial charge in [-0.05, 0) is 46.2 Å². The van der Waals surface area contributed by atoms with Crippen LogP contribution in [-0.2, 0) is 5.60 Å². The van der Waals surface area contributed by atoms with Gasteiger partial charge in [0, 0.05) is 9.77 Å². The van der Waals surface area contributed by atoms with Crippen LogP contribution in [0.3, 0.4) is 0 Å². The van der Waals surface area contributed by atoms with Crippen LogP contribution in [-0.4, -0.2) is 16.7 Å². The first-order chi connectivity index (χ1) is 9.74. The van der Waals surface area contributed by atoms with Gasteiger partial charge in [0.25, 0.3) is 0 Å². The first-order valence-electron chi connectivity index (χ1n) is 6.43. The summed E-state index contributed by atoms with van der Waals surface area (Å²) in [5.41, 5.74) is -0.0413. The van der Waals surface area contributed by atoms with Crippen LogP contribution in [0.1, 0.15) is 25.6 Å². The van der Waals surface area contributed by atoms with E-state index in [2.05, 4.69) is 4.98 Å². The van der Waals surface area contributed by atoms with Crippen LogP contribution in [0.5, 0.6) is 5.75 Å². The molecule has 2 rings (SSSR count). The van der Waals surface area contributed by atoms with Crippen LogP contribution in [0.25, 0.3) is 0 Å². The number of ether oxygens (including phenoxy) is 1. The quantitative estimate of drug-likeness (QED) is 0.753. The Balaban J connectivity index is 2.25. The molecule has 0 saturated heterocycles. The van der Waals surface area contributed by atoms with Crippen molar-refractivity contribution in [1.82, 2.24) is 4.98 Å². The molecule has 0 aliphatic heterocycles. The number of hydrogen-bond acceptors (Lipinski definition) is 4. The zero-order valence-corrected chi connectivity index (χ0v) is 15.0. The second kappa shape index (κ2) is 6.18. The zero-order valence-electron chi connectivity index (χ0n) is 12.1. The zero-order chi connectivity index (χ0) is 15.7. The molecule has 1 heterocycles. The molecule has 0 saturated carbocycles. The number of aliphatic hydroxyl groups is 1. The maximum Gasteiger partial charge on any atom is 0.166 e. The molecule has 3 nitrogen and oxygen atoms in total. The van der Waals surface area contributed by atoms with Crippen LogP contribution in [0.2, 0.25) is 0 Å². The van der Waals surface area contributed by atoms with Crippen molar-refractivity contribution in [1.29, 1.82) is 0 Å². The lowest BCUT2D eigenvalue weighted by Crippen LogP contribution is -2.44. The standard InChI is InChI=1S/C15H17FINO2S/c1-14(2,3)15(19,13-7-18-9-21-13)8-20-12-5-4-10(17)6-11(12)16/h4-7,9,19H,8H2,1-3H3. The molecule has 114 valence electrons. The Morgan fingerprint density at radius 3 is 2.62 bits per heavy atom. The number of benzene rings is 1. The molecule has 0 amide bonds. The molecule has 6 heteroatoms. The van der Waals surface area contributed by atoms with Gasteiger partial charge < -0.3 is 9.84 Å². The van der Waals surface area contributed by atoms with Gasteiger partial charge in [-0.2, -0.15) is 0 Å². The third-order valence-corrected chi connectivity index (χ3v) is 5.01. The Morgan fingerprint density at radius 1 is 1.38 bits per heavy atom. The maximum absolute atomic E-state index is 13.8. The van der Waals surface area contributed by atoms with Crippen molar-refractivity contribution in [2.24, 2.45) is 5.41 Å². The molecule has 1 aromatic heterocycles. The lowest BCUT2D eigenvalue weighted by atomic mass is 9.76. The smallest absolute Gasteiger partial charge is 0.166 e. The van der Waals surface area contributed by atoms with Gasteiger partial charge in [-0.25, -0.2) is 4.39 Å². The normalized spacial score (nSPS) is 14.8. The largest absolute Gasteiger partial charge is 0.487 e. The van der Waals surface area contributed by atoms with Crippen LogP contribution < -0.4 is 4.74 Å². The van der Waals surface area contributed by atoms with E-state index in [4.69, 9.17) is 4.74 Å². The van der Waals surface area contributed by atoms with Gasteiger partial charge in [-0.3, -0.25) is 4.98 Å². The average Bonchev–Trinajstić information content (AvgIpc) is 2.90. The highest BCUT2D eigenvalue weighted by Crippen LogP contribution is 2.41. The van der Waals surface area contributed by atoms with E-state index >= 15 is 0 Å². The van der Waals surface area contributed by atoms with E-state index in [1.54, 1.807) is 23.8 Å². The Hall–Kier alpha value is -0.730. The topological polar surface area (TPSA) is 42.4 Å². The number of thiazole rings is 1. The Bertz CT molecular complexity index is 613. The van der Waals surface area contributed by atoms with E-state index in [1.807, 2.05) is 43.4 Å². The molecule has 0 spiro atoms. The lowest BCUT2D eigenvalue weighted by molar-refractivity contribution is -0.0923. The summed E-state index contributed by atoms with van der Waals surface area (Å²) in [4.78, 5) is 4.72. The maximum atomic E-state index is 13.8. The van der Waals surface area contributed by atoms with Gasteiger partial charge in [0.05, 0.1) is 10.4 Å². The summed E-state index contributed by atoms with van der Waals surface area (Å²) in [6.45, 7) is 5.72. The molecule has 1 unspecified atom stereocenters. The molecule has 0 bridgehead atoms. The number of nitrogens with zero attached hydrogens (tertiary/aromatic N) is 1. The summed E-state index contributed by atoms with van der Waals surface area (Å²) in [6.07, 6.45) is 1.63. The van der Waals surface area contributed by atoms with E-state index in [1.165, 1.54) is 17.4 Å². The summed E-state index contributed by atoms with van der Waals surface area (Å²) < 4.78 is 20.2. The summed E-state index contributed by atoms with van der Waals surface area (Å²) in [6, 6.07) is 4.74. The van der Waals surface area contributed by atoms with Gasteiger partial charge >= 0.3 is 0 Å². The predicted molar refractivity (Wildman–Crippen MR) is 90.1 cm³/mol. The molecule has 0 aliphatic carbocycles. The predicted octanol–water partition coefficient (Wildman–Crippen LogP) is 4.20. The van der Waals surface area contributed by atoms with Gasteiger partial charge in [-0.15, -0.1) is 11.3 Å². The minimum atomic E-state index is -1.23. The van der Waals surface area contributed by atoms with E-state index < -0.39 is 16.8 Å². The number of rotatable bonds is 4.